The predicted molar refractivity (Wildman–Crippen MR) is 202 cm³/mol. The fourth-order valence-corrected chi connectivity index (χ4v) is 6.45. The fourth-order valence-electron chi connectivity index (χ4n) is 6.45. The molecule has 48 heavy (non-hydrogen) atoms. The number of hydrogen-bond donors (Lipinski definition) is 0. The quantitative estimate of drug-likeness (QED) is 0.175. The fraction of sp³-hybridized carbons (Fsp3) is 0. The van der Waals surface area contributed by atoms with E-state index in [2.05, 4.69) is 193 Å². The lowest BCUT2D eigenvalue weighted by Gasteiger charge is -2.16. The van der Waals surface area contributed by atoms with Crippen LogP contribution in [0.1, 0.15) is 0 Å². The van der Waals surface area contributed by atoms with Crippen molar-refractivity contribution in [3.05, 3.63) is 200 Å². The number of pyridine rings is 1. The Bertz CT molecular complexity index is 2030. The molecule has 0 aliphatic carbocycles. The van der Waals surface area contributed by atoms with E-state index in [1.807, 2.05) is 12.4 Å². The molecule has 8 aromatic rings. The molecule has 1 nitrogen and oxygen atoms in total. The molecule has 8 rings (SSSR count). The Kier molecular flexibility index (Phi) is 8.01. The van der Waals surface area contributed by atoms with Crippen molar-refractivity contribution in [2.24, 2.45) is 0 Å². The van der Waals surface area contributed by atoms with Crippen LogP contribution in [0.5, 0.6) is 0 Å². The highest BCUT2D eigenvalue weighted by Crippen LogP contribution is 2.39. The van der Waals surface area contributed by atoms with Crippen LogP contribution in [-0.2, 0) is 0 Å². The van der Waals surface area contributed by atoms with Gasteiger partial charge in [0.1, 0.15) is 0 Å². The van der Waals surface area contributed by atoms with Crippen molar-refractivity contribution in [1.29, 1.82) is 0 Å². The Morgan fingerprint density at radius 2 is 0.375 bits per heavy atom. The van der Waals surface area contributed by atoms with Crippen molar-refractivity contribution < 1.29 is 0 Å². The maximum Gasteiger partial charge on any atom is 0.0273 e. The number of rotatable bonds is 7. The van der Waals surface area contributed by atoms with Gasteiger partial charge in [-0.15, -0.1) is 0 Å². The summed E-state index contributed by atoms with van der Waals surface area (Å²) >= 11 is 0. The summed E-state index contributed by atoms with van der Waals surface area (Å²) in [5.74, 6) is 0. The molecule has 0 spiro atoms. The Labute approximate surface area is 282 Å². The van der Waals surface area contributed by atoms with Gasteiger partial charge in [-0.25, -0.2) is 0 Å². The average molecular weight is 612 g/mol. The molecule has 0 unspecified atom stereocenters. The Morgan fingerprint density at radius 3 is 0.604 bits per heavy atom. The van der Waals surface area contributed by atoms with Crippen molar-refractivity contribution in [1.82, 2.24) is 4.98 Å². The molecule has 0 atom stereocenters. The second-order valence-electron chi connectivity index (χ2n) is 12.1. The molecule has 226 valence electrons. The first kappa shape index (κ1) is 29.1. The van der Waals surface area contributed by atoms with E-state index in [4.69, 9.17) is 0 Å². The SMILES string of the molecule is c1ccc(-c2cc(-c3ccccc3)cc(-c3cc(-c4ccncc4)cc(-c4cc(-c5ccccc5)cc(-c5ccccc5)c4)c3)c2)cc1. The normalized spacial score (nSPS) is 10.9. The van der Waals surface area contributed by atoms with Crippen LogP contribution in [0.25, 0.3) is 77.9 Å². The zero-order valence-corrected chi connectivity index (χ0v) is 26.5. The first-order chi connectivity index (χ1) is 23.8. The van der Waals surface area contributed by atoms with E-state index in [0.717, 1.165) is 11.1 Å². The van der Waals surface area contributed by atoms with E-state index < -0.39 is 0 Å². The predicted octanol–water partition coefficient (Wildman–Crippen LogP) is 12.8. The van der Waals surface area contributed by atoms with Crippen LogP contribution in [0.15, 0.2) is 200 Å². The minimum Gasteiger partial charge on any atom is -0.265 e. The maximum atomic E-state index is 4.31. The average Bonchev–Trinajstić information content (AvgIpc) is 3.19. The van der Waals surface area contributed by atoms with Gasteiger partial charge in [0.25, 0.3) is 0 Å². The molecular formula is C47H33N. The molecule has 0 radical (unpaired) electrons. The molecule has 0 saturated heterocycles. The summed E-state index contributed by atoms with van der Waals surface area (Å²) < 4.78 is 0. The third kappa shape index (κ3) is 6.23. The third-order valence-corrected chi connectivity index (χ3v) is 8.91. The molecular weight excluding hydrogens is 579 g/mol. The van der Waals surface area contributed by atoms with Gasteiger partial charge >= 0.3 is 0 Å². The Balaban J connectivity index is 1.36. The molecule has 0 aliphatic rings. The Morgan fingerprint density at radius 1 is 0.188 bits per heavy atom. The highest BCUT2D eigenvalue weighted by molar-refractivity contribution is 5.88. The second kappa shape index (κ2) is 13.2. The van der Waals surface area contributed by atoms with Crippen molar-refractivity contribution in [3.8, 4) is 77.9 Å². The van der Waals surface area contributed by atoms with E-state index in [1.54, 1.807) is 0 Å². The maximum absolute atomic E-state index is 4.31. The molecule has 0 bridgehead atoms. The third-order valence-electron chi connectivity index (χ3n) is 8.91. The number of benzene rings is 7. The number of hydrogen-bond acceptors (Lipinski definition) is 1. The van der Waals surface area contributed by atoms with Crippen molar-refractivity contribution in [3.63, 3.8) is 0 Å². The smallest absolute Gasteiger partial charge is 0.0273 e. The molecule has 0 aliphatic heterocycles. The van der Waals surface area contributed by atoms with Gasteiger partial charge in [-0.1, -0.05) is 121 Å². The minimum atomic E-state index is 1.14. The summed E-state index contributed by atoms with van der Waals surface area (Å²) in [7, 11) is 0. The first-order valence-corrected chi connectivity index (χ1v) is 16.3. The summed E-state index contributed by atoms with van der Waals surface area (Å²) in [5.41, 5.74) is 16.6. The van der Waals surface area contributed by atoms with Gasteiger partial charge in [-0.05, 0) is 145 Å². The van der Waals surface area contributed by atoms with Gasteiger partial charge in [0, 0.05) is 12.4 Å². The standard InChI is InChI=1S/C47H33N/c1-5-13-34(14-6-1)39-25-40(35-15-7-2-8-16-35)28-44(27-39)46-31-43(38-21-23-48-24-22-38)32-47(33-46)45-29-41(36-17-9-3-10-18-36)26-42(30-45)37-19-11-4-12-20-37/h1-33H. The van der Waals surface area contributed by atoms with E-state index >= 15 is 0 Å². The molecule has 1 aromatic heterocycles. The van der Waals surface area contributed by atoms with Crippen LogP contribution in [-0.4, -0.2) is 4.98 Å². The summed E-state index contributed by atoms with van der Waals surface area (Å²) in [5, 5.41) is 0. The molecule has 0 N–H and O–H groups in total. The van der Waals surface area contributed by atoms with Crippen LogP contribution in [0, 0.1) is 0 Å². The number of aromatic nitrogens is 1. The highest BCUT2D eigenvalue weighted by atomic mass is 14.6. The van der Waals surface area contributed by atoms with Gasteiger partial charge in [0.2, 0.25) is 0 Å². The summed E-state index contributed by atoms with van der Waals surface area (Å²) in [6, 6.07) is 67.7. The van der Waals surface area contributed by atoms with E-state index in [9.17, 15) is 0 Å². The van der Waals surface area contributed by atoms with Crippen molar-refractivity contribution in [2.45, 2.75) is 0 Å². The second-order valence-corrected chi connectivity index (χ2v) is 12.1. The zero-order valence-electron chi connectivity index (χ0n) is 26.5. The van der Waals surface area contributed by atoms with E-state index in [0.29, 0.717) is 0 Å². The topological polar surface area (TPSA) is 12.9 Å². The van der Waals surface area contributed by atoms with Gasteiger partial charge in [0.05, 0.1) is 0 Å². The van der Waals surface area contributed by atoms with Gasteiger partial charge < -0.3 is 0 Å². The molecule has 0 amide bonds. The molecule has 7 aromatic carbocycles. The van der Waals surface area contributed by atoms with Crippen LogP contribution >= 0.6 is 0 Å². The minimum absolute atomic E-state index is 1.14. The summed E-state index contributed by atoms with van der Waals surface area (Å²) in [4.78, 5) is 4.31. The van der Waals surface area contributed by atoms with Crippen LogP contribution in [0.4, 0.5) is 0 Å². The van der Waals surface area contributed by atoms with Crippen LogP contribution in [0.2, 0.25) is 0 Å². The summed E-state index contributed by atoms with van der Waals surface area (Å²) in [6.07, 6.45) is 3.74. The van der Waals surface area contributed by atoms with E-state index in [-0.39, 0.29) is 0 Å². The molecule has 1 heterocycles. The Hall–Kier alpha value is -6.31. The van der Waals surface area contributed by atoms with Gasteiger partial charge in [0.15, 0.2) is 0 Å². The lowest BCUT2D eigenvalue weighted by Crippen LogP contribution is -1.90. The number of nitrogens with zero attached hydrogens (tertiary/aromatic N) is 1. The molecule has 1 heteroatoms. The van der Waals surface area contributed by atoms with Gasteiger partial charge in [-0.3, -0.25) is 4.98 Å². The lowest BCUT2D eigenvalue weighted by molar-refractivity contribution is 1.33. The van der Waals surface area contributed by atoms with Crippen molar-refractivity contribution in [2.75, 3.05) is 0 Å². The van der Waals surface area contributed by atoms with Crippen LogP contribution in [0.3, 0.4) is 0 Å². The van der Waals surface area contributed by atoms with Gasteiger partial charge in [-0.2, -0.15) is 0 Å². The van der Waals surface area contributed by atoms with Crippen LogP contribution < -0.4 is 0 Å². The highest BCUT2D eigenvalue weighted by Gasteiger charge is 2.13. The monoisotopic (exact) mass is 611 g/mol. The molecule has 0 fully saturated rings. The van der Waals surface area contributed by atoms with Crippen molar-refractivity contribution >= 4 is 0 Å². The zero-order chi connectivity index (χ0) is 32.1. The largest absolute Gasteiger partial charge is 0.265 e. The van der Waals surface area contributed by atoms with E-state index in [1.165, 1.54) is 66.8 Å². The first-order valence-electron chi connectivity index (χ1n) is 16.3. The lowest BCUT2D eigenvalue weighted by atomic mass is 9.88. The molecule has 0 saturated carbocycles. The summed E-state index contributed by atoms with van der Waals surface area (Å²) in [6.45, 7) is 0.